The molecule has 0 radical (unpaired) electrons. The smallest absolute Gasteiger partial charge is 0.222 e. The van der Waals surface area contributed by atoms with Crippen LogP contribution in [0.25, 0.3) is 0 Å². The number of carbonyl (C=O) groups excluding carboxylic acids is 2. The van der Waals surface area contributed by atoms with Crippen LogP contribution in [-0.2, 0) is 4.79 Å². The second kappa shape index (κ2) is 6.79. The van der Waals surface area contributed by atoms with Gasteiger partial charge in [-0.3, -0.25) is 9.59 Å². The molecule has 4 heteroatoms. The van der Waals surface area contributed by atoms with Crippen LogP contribution in [-0.4, -0.2) is 37.8 Å². The normalized spacial score (nSPS) is 9.94. The minimum absolute atomic E-state index is 0.0816. The van der Waals surface area contributed by atoms with Gasteiger partial charge in [0, 0.05) is 20.5 Å². The Morgan fingerprint density at radius 2 is 2.11 bits per heavy atom. The van der Waals surface area contributed by atoms with Crippen molar-refractivity contribution in [3.63, 3.8) is 0 Å². The Morgan fingerprint density at radius 3 is 2.72 bits per heavy atom. The molecular weight excluding hydrogens is 230 g/mol. The van der Waals surface area contributed by atoms with E-state index < -0.39 is 0 Å². The predicted molar refractivity (Wildman–Crippen MR) is 70.0 cm³/mol. The summed E-state index contributed by atoms with van der Waals surface area (Å²) in [5.74, 6) is 0.658. The third kappa shape index (κ3) is 4.20. The van der Waals surface area contributed by atoms with Crippen LogP contribution in [0.2, 0.25) is 0 Å². The van der Waals surface area contributed by atoms with Crippen molar-refractivity contribution in [2.75, 3.05) is 20.7 Å². The predicted octanol–water partition coefficient (Wildman–Crippen LogP) is 2.05. The van der Waals surface area contributed by atoms with Gasteiger partial charge in [0.05, 0.1) is 12.2 Å². The standard InChI is InChI=1S/C14H19NO3/c1-11-6-7-13(12(9-11)10-16)18-8-4-5-14(17)15(2)3/h6-7,9-10H,4-5,8H2,1-3H3. The van der Waals surface area contributed by atoms with Gasteiger partial charge in [0.15, 0.2) is 6.29 Å². The van der Waals surface area contributed by atoms with E-state index in [0.717, 1.165) is 11.8 Å². The van der Waals surface area contributed by atoms with Gasteiger partial charge in [0.25, 0.3) is 0 Å². The van der Waals surface area contributed by atoms with Gasteiger partial charge in [-0.2, -0.15) is 0 Å². The molecule has 1 rings (SSSR count). The number of aryl methyl sites for hydroxylation is 1. The van der Waals surface area contributed by atoms with E-state index in [1.807, 2.05) is 13.0 Å². The van der Waals surface area contributed by atoms with Gasteiger partial charge in [0.2, 0.25) is 5.91 Å². The fourth-order valence-corrected chi connectivity index (χ4v) is 1.52. The van der Waals surface area contributed by atoms with Gasteiger partial charge < -0.3 is 9.64 Å². The zero-order valence-electron chi connectivity index (χ0n) is 11.1. The molecule has 4 nitrogen and oxygen atoms in total. The first-order valence-corrected chi connectivity index (χ1v) is 5.93. The second-order valence-corrected chi connectivity index (χ2v) is 4.40. The molecule has 0 atom stereocenters. The van der Waals surface area contributed by atoms with Crippen molar-refractivity contribution >= 4 is 12.2 Å². The maximum Gasteiger partial charge on any atom is 0.222 e. The first-order chi connectivity index (χ1) is 8.54. The molecule has 18 heavy (non-hydrogen) atoms. The number of amides is 1. The Morgan fingerprint density at radius 1 is 1.39 bits per heavy atom. The molecular formula is C14H19NO3. The molecule has 1 aromatic carbocycles. The lowest BCUT2D eigenvalue weighted by Crippen LogP contribution is -2.21. The lowest BCUT2D eigenvalue weighted by atomic mass is 10.1. The molecule has 98 valence electrons. The number of rotatable bonds is 6. The van der Waals surface area contributed by atoms with E-state index in [-0.39, 0.29) is 5.91 Å². The van der Waals surface area contributed by atoms with E-state index in [1.54, 1.807) is 31.1 Å². The zero-order chi connectivity index (χ0) is 13.5. The summed E-state index contributed by atoms with van der Waals surface area (Å²) in [5.41, 5.74) is 1.57. The van der Waals surface area contributed by atoms with E-state index in [2.05, 4.69) is 0 Å². The van der Waals surface area contributed by atoms with Crippen LogP contribution in [0.15, 0.2) is 18.2 Å². The number of ether oxygens (including phenoxy) is 1. The van der Waals surface area contributed by atoms with Crippen molar-refractivity contribution in [3.05, 3.63) is 29.3 Å². The van der Waals surface area contributed by atoms with Gasteiger partial charge in [-0.15, -0.1) is 0 Å². The quantitative estimate of drug-likeness (QED) is 0.572. The third-order valence-electron chi connectivity index (χ3n) is 2.58. The molecule has 0 saturated carbocycles. The van der Waals surface area contributed by atoms with Crippen LogP contribution in [0.3, 0.4) is 0 Å². The summed E-state index contributed by atoms with van der Waals surface area (Å²) < 4.78 is 5.51. The highest BCUT2D eigenvalue weighted by molar-refractivity contribution is 5.79. The monoisotopic (exact) mass is 249 g/mol. The fraction of sp³-hybridized carbons (Fsp3) is 0.429. The van der Waals surface area contributed by atoms with Crippen LogP contribution in [0.1, 0.15) is 28.8 Å². The SMILES string of the molecule is Cc1ccc(OCCCC(=O)N(C)C)c(C=O)c1. The summed E-state index contributed by atoms with van der Waals surface area (Å²) in [7, 11) is 3.46. The zero-order valence-corrected chi connectivity index (χ0v) is 11.1. The summed E-state index contributed by atoms with van der Waals surface area (Å²) in [6.07, 6.45) is 1.88. The summed E-state index contributed by atoms with van der Waals surface area (Å²) in [5, 5.41) is 0. The Kier molecular flexibility index (Phi) is 5.36. The lowest BCUT2D eigenvalue weighted by Gasteiger charge is -2.11. The van der Waals surface area contributed by atoms with Gasteiger partial charge in [-0.05, 0) is 25.5 Å². The Balaban J connectivity index is 2.44. The Labute approximate surface area is 108 Å². The summed E-state index contributed by atoms with van der Waals surface area (Å²) in [6.45, 7) is 2.36. The average Bonchev–Trinajstić information content (AvgIpc) is 2.35. The van der Waals surface area contributed by atoms with Crippen LogP contribution in [0.4, 0.5) is 0 Å². The summed E-state index contributed by atoms with van der Waals surface area (Å²) in [6, 6.07) is 5.47. The number of nitrogens with zero attached hydrogens (tertiary/aromatic N) is 1. The molecule has 0 aliphatic carbocycles. The highest BCUT2D eigenvalue weighted by Crippen LogP contribution is 2.18. The molecule has 0 aromatic heterocycles. The molecule has 0 saturated heterocycles. The van der Waals surface area contributed by atoms with Crippen molar-refractivity contribution in [1.29, 1.82) is 0 Å². The number of carbonyl (C=O) groups is 2. The van der Waals surface area contributed by atoms with Crippen LogP contribution >= 0.6 is 0 Å². The van der Waals surface area contributed by atoms with E-state index in [1.165, 1.54) is 0 Å². The van der Waals surface area contributed by atoms with Crippen molar-refractivity contribution in [2.45, 2.75) is 19.8 Å². The lowest BCUT2D eigenvalue weighted by molar-refractivity contribution is -0.128. The van der Waals surface area contributed by atoms with Crippen molar-refractivity contribution in [2.24, 2.45) is 0 Å². The molecule has 0 bridgehead atoms. The Bertz CT molecular complexity index is 427. The molecule has 0 aliphatic heterocycles. The summed E-state index contributed by atoms with van der Waals surface area (Å²) >= 11 is 0. The molecule has 0 N–H and O–H groups in total. The van der Waals surface area contributed by atoms with Gasteiger partial charge in [-0.1, -0.05) is 11.6 Å². The molecule has 0 fully saturated rings. The fourth-order valence-electron chi connectivity index (χ4n) is 1.52. The number of aldehydes is 1. The van der Waals surface area contributed by atoms with Gasteiger partial charge in [-0.25, -0.2) is 0 Å². The van der Waals surface area contributed by atoms with Crippen LogP contribution in [0, 0.1) is 6.92 Å². The maximum atomic E-state index is 11.3. The molecule has 0 unspecified atom stereocenters. The van der Waals surface area contributed by atoms with Gasteiger partial charge in [0.1, 0.15) is 5.75 Å². The number of hydrogen-bond acceptors (Lipinski definition) is 3. The molecule has 0 heterocycles. The molecule has 1 amide bonds. The maximum absolute atomic E-state index is 11.3. The Hall–Kier alpha value is -1.84. The second-order valence-electron chi connectivity index (χ2n) is 4.40. The van der Waals surface area contributed by atoms with Crippen molar-refractivity contribution < 1.29 is 14.3 Å². The first kappa shape index (κ1) is 14.2. The highest BCUT2D eigenvalue weighted by Gasteiger charge is 2.05. The molecule has 0 aliphatic rings. The first-order valence-electron chi connectivity index (χ1n) is 5.93. The minimum Gasteiger partial charge on any atom is -0.493 e. The molecule has 0 spiro atoms. The van der Waals surface area contributed by atoms with Crippen LogP contribution < -0.4 is 4.74 Å². The van der Waals surface area contributed by atoms with Gasteiger partial charge >= 0.3 is 0 Å². The van der Waals surface area contributed by atoms with Crippen LogP contribution in [0.5, 0.6) is 5.75 Å². The minimum atomic E-state index is 0.0816. The van der Waals surface area contributed by atoms with E-state index in [9.17, 15) is 9.59 Å². The average molecular weight is 249 g/mol. The van der Waals surface area contributed by atoms with E-state index >= 15 is 0 Å². The number of hydrogen-bond donors (Lipinski definition) is 0. The topological polar surface area (TPSA) is 46.6 Å². The highest BCUT2D eigenvalue weighted by atomic mass is 16.5. The summed E-state index contributed by atoms with van der Waals surface area (Å²) in [4.78, 5) is 23.8. The largest absolute Gasteiger partial charge is 0.493 e. The molecule has 1 aromatic rings. The third-order valence-corrected chi connectivity index (χ3v) is 2.58. The van der Waals surface area contributed by atoms with Crippen molar-refractivity contribution in [3.8, 4) is 5.75 Å². The van der Waals surface area contributed by atoms with E-state index in [0.29, 0.717) is 30.8 Å². The number of benzene rings is 1. The van der Waals surface area contributed by atoms with Crippen molar-refractivity contribution in [1.82, 2.24) is 4.90 Å². The van der Waals surface area contributed by atoms with E-state index in [4.69, 9.17) is 4.74 Å².